The van der Waals surface area contributed by atoms with Crippen LogP contribution in [0.15, 0.2) is 42.5 Å². The van der Waals surface area contributed by atoms with Gasteiger partial charge in [0.1, 0.15) is 5.75 Å². The summed E-state index contributed by atoms with van der Waals surface area (Å²) in [4.78, 5) is 12.0. The van der Waals surface area contributed by atoms with Crippen LogP contribution in [0.1, 0.15) is 15.9 Å². The Kier molecular flexibility index (Phi) is 4.87. The molecule has 0 saturated heterocycles. The molecule has 1 amide bonds. The third-order valence-corrected chi connectivity index (χ3v) is 3.03. The maximum atomic E-state index is 13.0. The second-order valence-corrected chi connectivity index (χ2v) is 4.45. The Hall–Kier alpha value is -2.43. The van der Waals surface area contributed by atoms with E-state index in [0.717, 1.165) is 12.1 Å². The maximum Gasteiger partial charge on any atom is 0.255 e. The summed E-state index contributed by atoms with van der Waals surface area (Å²) in [6.45, 7) is 0.321. The number of rotatable bonds is 5. The topological polar surface area (TPSA) is 38.3 Å². The molecule has 0 bridgehead atoms. The normalized spacial score (nSPS) is 10.2. The van der Waals surface area contributed by atoms with E-state index in [1.54, 1.807) is 24.3 Å². The van der Waals surface area contributed by atoms with E-state index in [1.165, 1.54) is 13.2 Å². The first-order valence-electron chi connectivity index (χ1n) is 6.47. The summed E-state index contributed by atoms with van der Waals surface area (Å²) in [6.07, 6.45) is 0.415. The van der Waals surface area contributed by atoms with Crippen LogP contribution in [-0.4, -0.2) is 19.6 Å². The molecule has 0 atom stereocenters. The smallest absolute Gasteiger partial charge is 0.255 e. The molecule has 1 N–H and O–H groups in total. The zero-order chi connectivity index (χ0) is 15.2. The predicted octanol–water partition coefficient (Wildman–Crippen LogP) is 2.95. The van der Waals surface area contributed by atoms with Crippen LogP contribution < -0.4 is 10.1 Å². The number of halogens is 2. The van der Waals surface area contributed by atoms with Crippen molar-refractivity contribution in [3.63, 3.8) is 0 Å². The average Bonchev–Trinajstić information content (AvgIpc) is 2.50. The van der Waals surface area contributed by atoms with Crippen molar-refractivity contribution in [2.45, 2.75) is 6.42 Å². The fourth-order valence-electron chi connectivity index (χ4n) is 1.94. The number of methoxy groups -OCH3 is 1. The molecule has 0 aliphatic carbocycles. The quantitative estimate of drug-likeness (QED) is 0.920. The van der Waals surface area contributed by atoms with Crippen molar-refractivity contribution in [2.75, 3.05) is 13.7 Å². The fraction of sp³-hybridized carbons (Fsp3) is 0.188. The number of benzene rings is 2. The third-order valence-electron chi connectivity index (χ3n) is 3.03. The predicted molar refractivity (Wildman–Crippen MR) is 75.4 cm³/mol. The number of carbonyl (C=O) groups is 1. The Labute approximate surface area is 121 Å². The number of carbonyl (C=O) groups excluding carboxylic acids is 1. The molecule has 2 aromatic carbocycles. The van der Waals surface area contributed by atoms with Crippen molar-refractivity contribution >= 4 is 5.91 Å². The minimum atomic E-state index is -0.886. The highest BCUT2D eigenvalue weighted by atomic mass is 19.2. The van der Waals surface area contributed by atoms with Crippen LogP contribution in [0.3, 0.4) is 0 Å². The first kappa shape index (κ1) is 15.0. The van der Waals surface area contributed by atoms with Crippen LogP contribution >= 0.6 is 0 Å². The summed E-state index contributed by atoms with van der Waals surface area (Å²) in [5, 5.41) is 2.72. The second-order valence-electron chi connectivity index (χ2n) is 4.45. The molecular formula is C16H15F2NO2. The molecule has 110 valence electrons. The van der Waals surface area contributed by atoms with Gasteiger partial charge in [0.15, 0.2) is 11.6 Å². The van der Waals surface area contributed by atoms with Gasteiger partial charge >= 0.3 is 0 Å². The molecule has 2 aromatic rings. The van der Waals surface area contributed by atoms with E-state index in [4.69, 9.17) is 4.74 Å². The zero-order valence-corrected chi connectivity index (χ0v) is 11.5. The second kappa shape index (κ2) is 6.83. The summed E-state index contributed by atoms with van der Waals surface area (Å²) in [7, 11) is 1.49. The highest BCUT2D eigenvalue weighted by Gasteiger charge is 2.10. The molecule has 3 nitrogen and oxygen atoms in total. The van der Waals surface area contributed by atoms with Gasteiger partial charge in [0, 0.05) is 6.54 Å². The van der Waals surface area contributed by atoms with Crippen molar-refractivity contribution in [1.29, 1.82) is 0 Å². The van der Waals surface area contributed by atoms with Crippen molar-refractivity contribution in [3.8, 4) is 5.75 Å². The lowest BCUT2D eigenvalue weighted by Gasteiger charge is -2.09. The lowest BCUT2D eigenvalue weighted by molar-refractivity contribution is 0.0951. The van der Waals surface area contributed by atoms with E-state index in [2.05, 4.69) is 5.32 Å². The number of nitrogens with one attached hydrogen (secondary N) is 1. The van der Waals surface area contributed by atoms with Gasteiger partial charge in [0.25, 0.3) is 5.91 Å². The largest absolute Gasteiger partial charge is 0.496 e. The Morgan fingerprint density at radius 3 is 2.62 bits per heavy atom. The standard InChI is InChI=1S/C16H15F2NO2/c1-21-15-5-3-2-4-12(15)16(20)19-9-8-11-6-7-13(17)14(18)10-11/h2-7,10H,8-9H2,1H3,(H,19,20). The van der Waals surface area contributed by atoms with Gasteiger partial charge < -0.3 is 10.1 Å². The van der Waals surface area contributed by atoms with E-state index < -0.39 is 11.6 Å². The van der Waals surface area contributed by atoms with Gasteiger partial charge in [-0.2, -0.15) is 0 Å². The Morgan fingerprint density at radius 1 is 1.14 bits per heavy atom. The molecule has 0 aliphatic heterocycles. The first-order chi connectivity index (χ1) is 10.1. The molecular weight excluding hydrogens is 276 g/mol. The van der Waals surface area contributed by atoms with Crippen molar-refractivity contribution in [2.24, 2.45) is 0 Å². The number of ether oxygens (including phenoxy) is 1. The molecule has 21 heavy (non-hydrogen) atoms. The van der Waals surface area contributed by atoms with Crippen LogP contribution in [0, 0.1) is 11.6 Å². The van der Waals surface area contributed by atoms with E-state index in [9.17, 15) is 13.6 Å². The highest BCUT2D eigenvalue weighted by molar-refractivity contribution is 5.96. The van der Waals surface area contributed by atoms with Gasteiger partial charge in [-0.15, -0.1) is 0 Å². The summed E-state index contributed by atoms with van der Waals surface area (Å²) in [5.74, 6) is -1.54. The Bertz CT molecular complexity index is 644. The monoisotopic (exact) mass is 291 g/mol. The number of hydrogen-bond donors (Lipinski definition) is 1. The van der Waals surface area contributed by atoms with Crippen molar-refractivity contribution in [1.82, 2.24) is 5.32 Å². The molecule has 2 rings (SSSR count). The van der Waals surface area contributed by atoms with Gasteiger partial charge in [-0.3, -0.25) is 4.79 Å². The minimum Gasteiger partial charge on any atom is -0.496 e. The van der Waals surface area contributed by atoms with E-state index in [-0.39, 0.29) is 5.91 Å². The lowest BCUT2D eigenvalue weighted by atomic mass is 10.1. The molecule has 5 heteroatoms. The van der Waals surface area contributed by atoms with Crippen molar-refractivity contribution in [3.05, 3.63) is 65.2 Å². The number of amides is 1. The van der Waals surface area contributed by atoms with E-state index >= 15 is 0 Å². The van der Waals surface area contributed by atoms with Crippen LogP contribution in [0.25, 0.3) is 0 Å². The summed E-state index contributed by atoms with van der Waals surface area (Å²) >= 11 is 0. The summed E-state index contributed by atoms with van der Waals surface area (Å²) in [5.41, 5.74) is 1.06. The van der Waals surface area contributed by atoms with Gasteiger partial charge in [0.2, 0.25) is 0 Å². The van der Waals surface area contributed by atoms with Gasteiger partial charge in [0.05, 0.1) is 12.7 Å². The summed E-state index contributed by atoms with van der Waals surface area (Å²) in [6, 6.07) is 10.6. The van der Waals surface area contributed by atoms with Gasteiger partial charge in [-0.25, -0.2) is 8.78 Å². The SMILES string of the molecule is COc1ccccc1C(=O)NCCc1ccc(F)c(F)c1. The fourth-order valence-corrected chi connectivity index (χ4v) is 1.94. The zero-order valence-electron chi connectivity index (χ0n) is 11.5. The average molecular weight is 291 g/mol. The van der Waals surface area contributed by atoms with Crippen LogP contribution in [-0.2, 0) is 6.42 Å². The molecule has 0 fully saturated rings. The molecule has 0 unspecified atom stereocenters. The molecule has 0 saturated carbocycles. The number of hydrogen-bond acceptors (Lipinski definition) is 2. The Morgan fingerprint density at radius 2 is 1.90 bits per heavy atom. The molecule has 0 spiro atoms. The van der Waals surface area contributed by atoms with Crippen LogP contribution in [0.5, 0.6) is 5.75 Å². The summed E-state index contributed by atoms with van der Waals surface area (Å²) < 4.78 is 31.0. The van der Waals surface area contributed by atoms with Gasteiger partial charge in [-0.05, 0) is 36.2 Å². The third kappa shape index (κ3) is 3.78. The molecule has 0 aromatic heterocycles. The highest BCUT2D eigenvalue weighted by Crippen LogP contribution is 2.16. The number of para-hydroxylation sites is 1. The van der Waals surface area contributed by atoms with E-state index in [1.807, 2.05) is 0 Å². The molecule has 0 aliphatic rings. The lowest BCUT2D eigenvalue weighted by Crippen LogP contribution is -2.26. The Balaban J connectivity index is 1.93. The van der Waals surface area contributed by atoms with Crippen molar-refractivity contribution < 1.29 is 18.3 Å². The van der Waals surface area contributed by atoms with Crippen LogP contribution in [0.4, 0.5) is 8.78 Å². The maximum absolute atomic E-state index is 13.0. The minimum absolute atomic E-state index is 0.268. The first-order valence-corrected chi connectivity index (χ1v) is 6.47. The van der Waals surface area contributed by atoms with E-state index in [0.29, 0.717) is 29.8 Å². The molecule has 0 radical (unpaired) electrons. The molecule has 0 heterocycles. The van der Waals surface area contributed by atoms with Crippen LogP contribution in [0.2, 0.25) is 0 Å². The van der Waals surface area contributed by atoms with Gasteiger partial charge in [-0.1, -0.05) is 18.2 Å².